The molecule has 0 radical (unpaired) electrons. The number of pyridine rings is 1. The molecule has 0 amide bonds. The Bertz CT molecular complexity index is 795. The van der Waals surface area contributed by atoms with Gasteiger partial charge in [-0.2, -0.15) is 5.10 Å². The predicted octanol–water partition coefficient (Wildman–Crippen LogP) is 3.15. The molecule has 0 spiro atoms. The van der Waals surface area contributed by atoms with Gasteiger partial charge in [-0.05, 0) is 31.2 Å². The van der Waals surface area contributed by atoms with Crippen molar-refractivity contribution in [2.45, 2.75) is 13.5 Å². The van der Waals surface area contributed by atoms with E-state index in [4.69, 9.17) is 0 Å². The molecule has 2 heterocycles. The Hall–Kier alpha value is -2.76. The van der Waals surface area contributed by atoms with E-state index in [1.54, 1.807) is 23.0 Å². The maximum atomic E-state index is 13.0. The maximum absolute atomic E-state index is 13.0. The monoisotopic (exact) mass is 284 g/mol. The van der Waals surface area contributed by atoms with Gasteiger partial charge in [-0.15, -0.1) is 0 Å². The number of nitrogens with one attached hydrogen (secondary N) is 1. The highest BCUT2D eigenvalue weighted by atomic mass is 19.1. The Balaban J connectivity index is 2.12. The first-order chi connectivity index (χ1) is 10.2. The van der Waals surface area contributed by atoms with E-state index in [-0.39, 0.29) is 5.82 Å². The van der Waals surface area contributed by atoms with E-state index in [1.807, 2.05) is 6.92 Å². The summed E-state index contributed by atoms with van der Waals surface area (Å²) in [5, 5.41) is 8.14. The number of nitrogens with zero attached hydrogens (tertiary/aromatic N) is 3. The Morgan fingerprint density at radius 1 is 1.29 bits per heavy atom. The molecule has 106 valence electrons. The minimum absolute atomic E-state index is 0.310. The number of anilines is 2. The van der Waals surface area contributed by atoms with Gasteiger partial charge in [0.25, 0.3) is 0 Å². The van der Waals surface area contributed by atoms with Gasteiger partial charge in [-0.3, -0.25) is 4.79 Å². The average Bonchev–Trinajstić information content (AvgIpc) is 2.93. The molecule has 0 fully saturated rings. The van der Waals surface area contributed by atoms with Gasteiger partial charge >= 0.3 is 0 Å². The van der Waals surface area contributed by atoms with Crippen LogP contribution in [0.2, 0.25) is 0 Å². The van der Waals surface area contributed by atoms with Crippen molar-refractivity contribution in [2.75, 3.05) is 5.32 Å². The lowest BCUT2D eigenvalue weighted by Crippen LogP contribution is -2.00. The SMILES string of the molecule is CCn1ncc2c(Nc3ccc(F)cc3)c(C=O)cnc21. The summed E-state index contributed by atoms with van der Waals surface area (Å²) in [5.74, 6) is -0.310. The summed E-state index contributed by atoms with van der Waals surface area (Å²) >= 11 is 0. The van der Waals surface area contributed by atoms with Gasteiger partial charge in [0.1, 0.15) is 5.82 Å². The topological polar surface area (TPSA) is 59.8 Å². The molecule has 3 rings (SSSR count). The van der Waals surface area contributed by atoms with E-state index in [0.717, 1.165) is 11.7 Å². The fourth-order valence-corrected chi connectivity index (χ4v) is 2.18. The largest absolute Gasteiger partial charge is 0.354 e. The quantitative estimate of drug-likeness (QED) is 0.748. The third-order valence-corrected chi connectivity index (χ3v) is 3.24. The van der Waals surface area contributed by atoms with Crippen LogP contribution in [0.4, 0.5) is 15.8 Å². The van der Waals surface area contributed by atoms with Gasteiger partial charge in [-0.1, -0.05) is 0 Å². The molecule has 3 aromatic rings. The Morgan fingerprint density at radius 3 is 2.71 bits per heavy atom. The van der Waals surface area contributed by atoms with Crippen LogP contribution in [0.1, 0.15) is 17.3 Å². The molecule has 0 aliphatic rings. The van der Waals surface area contributed by atoms with E-state index in [2.05, 4.69) is 15.4 Å². The number of benzene rings is 1. The van der Waals surface area contributed by atoms with E-state index < -0.39 is 0 Å². The normalized spacial score (nSPS) is 10.8. The summed E-state index contributed by atoms with van der Waals surface area (Å²) in [6.07, 6.45) is 3.92. The van der Waals surface area contributed by atoms with Crippen LogP contribution >= 0.6 is 0 Å². The third-order valence-electron chi connectivity index (χ3n) is 3.24. The van der Waals surface area contributed by atoms with Gasteiger partial charge in [0.15, 0.2) is 11.9 Å². The van der Waals surface area contributed by atoms with Crippen LogP contribution in [0.25, 0.3) is 11.0 Å². The van der Waals surface area contributed by atoms with Crippen molar-refractivity contribution in [1.82, 2.24) is 14.8 Å². The molecule has 2 aromatic heterocycles. The molecular formula is C15H13FN4O. The molecule has 1 N–H and O–H groups in total. The first kappa shape index (κ1) is 13.2. The van der Waals surface area contributed by atoms with Gasteiger partial charge in [-0.25, -0.2) is 14.1 Å². The number of rotatable bonds is 4. The first-order valence-electron chi connectivity index (χ1n) is 6.55. The van der Waals surface area contributed by atoms with Gasteiger partial charge < -0.3 is 5.32 Å². The number of carbonyl (C=O) groups is 1. The van der Waals surface area contributed by atoms with Crippen molar-refractivity contribution in [3.05, 3.63) is 48.0 Å². The lowest BCUT2D eigenvalue weighted by molar-refractivity contribution is 0.112. The number of aldehydes is 1. The summed E-state index contributed by atoms with van der Waals surface area (Å²) in [6, 6.07) is 5.94. The minimum atomic E-state index is -0.310. The highest BCUT2D eigenvalue weighted by molar-refractivity contribution is 6.00. The smallest absolute Gasteiger partial charge is 0.159 e. The summed E-state index contributed by atoms with van der Waals surface area (Å²) < 4.78 is 14.7. The molecule has 0 saturated heterocycles. The zero-order valence-corrected chi connectivity index (χ0v) is 11.4. The molecule has 1 aromatic carbocycles. The van der Waals surface area contributed by atoms with Crippen molar-refractivity contribution >= 4 is 28.7 Å². The molecular weight excluding hydrogens is 271 g/mol. The average molecular weight is 284 g/mol. The lowest BCUT2D eigenvalue weighted by Gasteiger charge is -2.10. The molecule has 0 bridgehead atoms. The number of fused-ring (bicyclic) bond motifs is 1. The van der Waals surface area contributed by atoms with E-state index >= 15 is 0 Å². The van der Waals surface area contributed by atoms with E-state index in [9.17, 15) is 9.18 Å². The van der Waals surface area contributed by atoms with Crippen molar-refractivity contribution in [2.24, 2.45) is 0 Å². The molecule has 0 aliphatic heterocycles. The Kier molecular flexibility index (Phi) is 3.35. The number of hydrogen-bond acceptors (Lipinski definition) is 4. The van der Waals surface area contributed by atoms with Crippen LogP contribution in [-0.4, -0.2) is 21.1 Å². The molecule has 0 saturated carbocycles. The number of carbonyl (C=O) groups excluding carboxylic acids is 1. The second kappa shape index (κ2) is 5.32. The highest BCUT2D eigenvalue weighted by Gasteiger charge is 2.12. The zero-order chi connectivity index (χ0) is 14.8. The van der Waals surface area contributed by atoms with E-state index in [0.29, 0.717) is 29.1 Å². The fraction of sp³-hybridized carbons (Fsp3) is 0.133. The molecule has 0 aliphatic carbocycles. The molecule has 0 atom stereocenters. The standard InChI is InChI=1S/C15H13FN4O/c1-2-20-15-13(8-18-20)14(10(9-21)7-17-15)19-12-5-3-11(16)4-6-12/h3-9H,2H2,1H3,(H,17,19). The number of aryl methyl sites for hydroxylation is 1. The molecule has 0 unspecified atom stereocenters. The number of aromatic nitrogens is 3. The predicted molar refractivity (Wildman–Crippen MR) is 78.3 cm³/mol. The van der Waals surface area contributed by atoms with Crippen LogP contribution in [0.3, 0.4) is 0 Å². The fourth-order valence-electron chi connectivity index (χ4n) is 2.18. The van der Waals surface area contributed by atoms with Gasteiger partial charge in [0, 0.05) is 18.4 Å². The van der Waals surface area contributed by atoms with Crippen molar-refractivity contribution in [3.8, 4) is 0 Å². The third kappa shape index (κ3) is 2.35. The van der Waals surface area contributed by atoms with Crippen LogP contribution in [0, 0.1) is 5.82 Å². The molecule has 6 heteroatoms. The number of halogens is 1. The summed E-state index contributed by atoms with van der Waals surface area (Å²) in [4.78, 5) is 15.5. The van der Waals surface area contributed by atoms with Crippen LogP contribution < -0.4 is 5.32 Å². The molecule has 5 nitrogen and oxygen atoms in total. The Morgan fingerprint density at radius 2 is 2.05 bits per heavy atom. The summed E-state index contributed by atoms with van der Waals surface area (Å²) in [6.45, 7) is 2.65. The summed E-state index contributed by atoms with van der Waals surface area (Å²) in [5.41, 5.74) is 2.45. The van der Waals surface area contributed by atoms with Crippen LogP contribution in [0.5, 0.6) is 0 Å². The lowest BCUT2D eigenvalue weighted by atomic mass is 10.2. The minimum Gasteiger partial charge on any atom is -0.354 e. The van der Waals surface area contributed by atoms with Crippen molar-refractivity contribution < 1.29 is 9.18 Å². The van der Waals surface area contributed by atoms with Crippen molar-refractivity contribution in [3.63, 3.8) is 0 Å². The van der Waals surface area contributed by atoms with E-state index in [1.165, 1.54) is 18.3 Å². The second-order valence-electron chi connectivity index (χ2n) is 4.54. The Labute approximate surface area is 120 Å². The first-order valence-corrected chi connectivity index (χ1v) is 6.55. The number of hydrogen-bond donors (Lipinski definition) is 1. The molecule has 21 heavy (non-hydrogen) atoms. The van der Waals surface area contributed by atoms with Crippen LogP contribution in [0.15, 0.2) is 36.7 Å². The van der Waals surface area contributed by atoms with Crippen LogP contribution in [-0.2, 0) is 6.54 Å². The van der Waals surface area contributed by atoms with Gasteiger partial charge in [0.05, 0.1) is 22.8 Å². The highest BCUT2D eigenvalue weighted by Crippen LogP contribution is 2.28. The maximum Gasteiger partial charge on any atom is 0.159 e. The summed E-state index contributed by atoms with van der Waals surface area (Å²) in [7, 11) is 0. The van der Waals surface area contributed by atoms with Gasteiger partial charge in [0.2, 0.25) is 0 Å². The zero-order valence-electron chi connectivity index (χ0n) is 11.4. The second-order valence-corrected chi connectivity index (χ2v) is 4.54. The van der Waals surface area contributed by atoms with Crippen molar-refractivity contribution in [1.29, 1.82) is 0 Å².